The molecule has 0 spiro atoms. The molecule has 24 heavy (non-hydrogen) atoms. The molecule has 2 N–H and O–H groups in total. The Morgan fingerprint density at radius 1 is 1.17 bits per heavy atom. The summed E-state index contributed by atoms with van der Waals surface area (Å²) in [6.45, 7) is 2.71. The van der Waals surface area contributed by atoms with Gasteiger partial charge in [-0.2, -0.15) is 0 Å². The summed E-state index contributed by atoms with van der Waals surface area (Å²) in [5, 5.41) is 5.67. The van der Waals surface area contributed by atoms with E-state index in [0.29, 0.717) is 11.3 Å². The van der Waals surface area contributed by atoms with Crippen molar-refractivity contribution in [2.24, 2.45) is 0 Å². The molecule has 126 valence electrons. The second kappa shape index (κ2) is 7.31. The maximum absolute atomic E-state index is 12.3. The molecular formula is C18H20N2O4. The van der Waals surface area contributed by atoms with Crippen LogP contribution in [0, 0.1) is 0 Å². The molecule has 1 aliphatic rings. The molecule has 2 heterocycles. The lowest BCUT2D eigenvalue weighted by molar-refractivity contribution is 0.0712. The molecule has 1 aromatic heterocycles. The van der Waals surface area contributed by atoms with Gasteiger partial charge in [-0.05, 0) is 56.2 Å². The maximum atomic E-state index is 12.3. The first kappa shape index (κ1) is 16.3. The van der Waals surface area contributed by atoms with Crippen LogP contribution >= 0.6 is 0 Å². The van der Waals surface area contributed by atoms with E-state index >= 15 is 0 Å². The Bertz CT molecular complexity index is 688. The summed E-state index contributed by atoms with van der Waals surface area (Å²) in [4.78, 5) is 24.2. The lowest BCUT2D eigenvalue weighted by Crippen LogP contribution is -2.40. The second-order valence-electron chi connectivity index (χ2n) is 5.82. The number of anilines is 1. The van der Waals surface area contributed by atoms with E-state index < -0.39 is 0 Å². The molecule has 1 aromatic carbocycles. The van der Waals surface area contributed by atoms with Gasteiger partial charge in [0.1, 0.15) is 0 Å². The zero-order valence-electron chi connectivity index (χ0n) is 13.5. The fourth-order valence-electron chi connectivity index (χ4n) is 2.69. The van der Waals surface area contributed by atoms with Gasteiger partial charge < -0.3 is 19.8 Å². The van der Waals surface area contributed by atoms with Crippen LogP contribution in [0.5, 0.6) is 0 Å². The van der Waals surface area contributed by atoms with Crippen molar-refractivity contribution in [2.75, 3.05) is 11.9 Å². The number of benzene rings is 1. The first-order chi connectivity index (χ1) is 11.6. The number of hydrogen-bond donors (Lipinski definition) is 2. The Morgan fingerprint density at radius 3 is 2.58 bits per heavy atom. The number of rotatable bonds is 5. The largest absolute Gasteiger partial charge is 0.459 e. The molecule has 6 nitrogen and oxygen atoms in total. The van der Waals surface area contributed by atoms with Gasteiger partial charge in [0.2, 0.25) is 0 Å². The van der Waals surface area contributed by atoms with E-state index in [2.05, 4.69) is 10.6 Å². The quantitative estimate of drug-likeness (QED) is 0.884. The van der Waals surface area contributed by atoms with E-state index in [4.69, 9.17) is 9.15 Å². The zero-order chi connectivity index (χ0) is 16.9. The Kier molecular flexibility index (Phi) is 4.96. The van der Waals surface area contributed by atoms with Crippen molar-refractivity contribution >= 4 is 17.5 Å². The smallest absolute Gasteiger partial charge is 0.291 e. The van der Waals surface area contributed by atoms with Crippen LogP contribution in [0.2, 0.25) is 0 Å². The van der Waals surface area contributed by atoms with E-state index in [0.717, 1.165) is 19.4 Å². The Balaban J connectivity index is 1.57. The van der Waals surface area contributed by atoms with Crippen molar-refractivity contribution in [3.63, 3.8) is 0 Å². The third-order valence-corrected chi connectivity index (χ3v) is 4.03. The van der Waals surface area contributed by atoms with Gasteiger partial charge in [-0.25, -0.2) is 0 Å². The van der Waals surface area contributed by atoms with E-state index in [1.54, 1.807) is 36.4 Å². The number of ether oxygens (including phenoxy) is 1. The molecular weight excluding hydrogens is 308 g/mol. The third kappa shape index (κ3) is 3.83. The van der Waals surface area contributed by atoms with Gasteiger partial charge in [0.25, 0.3) is 11.8 Å². The van der Waals surface area contributed by atoms with Gasteiger partial charge in [-0.1, -0.05) is 0 Å². The van der Waals surface area contributed by atoms with Crippen LogP contribution in [0.4, 0.5) is 5.69 Å². The molecule has 1 fully saturated rings. The maximum Gasteiger partial charge on any atom is 0.291 e. The minimum Gasteiger partial charge on any atom is -0.459 e. The topological polar surface area (TPSA) is 80.6 Å². The minimum absolute atomic E-state index is 0.0293. The summed E-state index contributed by atoms with van der Waals surface area (Å²) in [7, 11) is 0. The lowest BCUT2D eigenvalue weighted by Gasteiger charge is -2.20. The Hall–Kier alpha value is -2.60. The molecule has 2 aromatic rings. The highest BCUT2D eigenvalue weighted by Crippen LogP contribution is 2.16. The Labute approximate surface area is 140 Å². The summed E-state index contributed by atoms with van der Waals surface area (Å²) >= 11 is 0. The highest BCUT2D eigenvalue weighted by Gasteiger charge is 2.23. The van der Waals surface area contributed by atoms with Gasteiger partial charge in [0.05, 0.1) is 18.4 Å². The minimum atomic E-state index is -0.329. The average Bonchev–Trinajstić information content (AvgIpc) is 3.29. The highest BCUT2D eigenvalue weighted by molar-refractivity contribution is 6.02. The number of furan rings is 1. The average molecular weight is 328 g/mol. The summed E-state index contributed by atoms with van der Waals surface area (Å²) in [6, 6.07) is 9.93. The van der Waals surface area contributed by atoms with Crippen LogP contribution in [-0.2, 0) is 4.74 Å². The molecule has 2 atom stereocenters. The van der Waals surface area contributed by atoms with E-state index in [1.807, 2.05) is 6.92 Å². The summed E-state index contributed by atoms with van der Waals surface area (Å²) in [6.07, 6.45) is 3.53. The van der Waals surface area contributed by atoms with Crippen LogP contribution < -0.4 is 10.6 Å². The Morgan fingerprint density at radius 2 is 1.96 bits per heavy atom. The molecule has 1 aliphatic heterocycles. The first-order valence-electron chi connectivity index (χ1n) is 8.01. The van der Waals surface area contributed by atoms with Crippen molar-refractivity contribution in [3.8, 4) is 0 Å². The highest BCUT2D eigenvalue weighted by atomic mass is 16.5. The van der Waals surface area contributed by atoms with E-state index in [1.165, 1.54) is 6.26 Å². The van der Waals surface area contributed by atoms with E-state index in [9.17, 15) is 9.59 Å². The zero-order valence-corrected chi connectivity index (χ0v) is 13.5. The molecule has 6 heteroatoms. The number of hydrogen-bond acceptors (Lipinski definition) is 4. The number of carbonyl (C=O) groups excluding carboxylic acids is 2. The van der Waals surface area contributed by atoms with Gasteiger partial charge in [-0.3, -0.25) is 9.59 Å². The fraction of sp³-hybridized carbons (Fsp3) is 0.333. The van der Waals surface area contributed by atoms with Crippen LogP contribution in [0.3, 0.4) is 0 Å². The SMILES string of the molecule is CC(NC(=O)c1ccc(NC(=O)c2ccco2)cc1)C1CCCO1. The molecule has 2 amide bonds. The van der Waals surface area contributed by atoms with E-state index in [-0.39, 0.29) is 29.7 Å². The van der Waals surface area contributed by atoms with Gasteiger partial charge >= 0.3 is 0 Å². The van der Waals surface area contributed by atoms with Gasteiger partial charge in [0, 0.05) is 17.9 Å². The van der Waals surface area contributed by atoms with Crippen molar-refractivity contribution in [1.82, 2.24) is 5.32 Å². The summed E-state index contributed by atoms with van der Waals surface area (Å²) in [5.41, 5.74) is 1.14. The molecule has 0 radical (unpaired) electrons. The standard InChI is InChI=1S/C18H20N2O4/c1-12(15-4-2-10-23-15)19-17(21)13-6-8-14(9-7-13)20-18(22)16-5-3-11-24-16/h3,5-9,11-12,15H,2,4,10H2,1H3,(H,19,21)(H,20,22). The monoisotopic (exact) mass is 328 g/mol. The predicted molar refractivity (Wildman–Crippen MR) is 89.0 cm³/mol. The fourth-order valence-corrected chi connectivity index (χ4v) is 2.69. The number of nitrogens with one attached hydrogen (secondary N) is 2. The van der Waals surface area contributed by atoms with Gasteiger partial charge in [0.15, 0.2) is 5.76 Å². The molecule has 0 saturated carbocycles. The van der Waals surface area contributed by atoms with Crippen LogP contribution in [0.15, 0.2) is 47.1 Å². The molecule has 0 aliphatic carbocycles. The van der Waals surface area contributed by atoms with Crippen LogP contribution in [0.1, 0.15) is 40.7 Å². The molecule has 3 rings (SSSR count). The van der Waals surface area contributed by atoms with Gasteiger partial charge in [-0.15, -0.1) is 0 Å². The number of carbonyl (C=O) groups is 2. The second-order valence-corrected chi connectivity index (χ2v) is 5.82. The molecule has 2 unspecified atom stereocenters. The molecule has 0 bridgehead atoms. The van der Waals surface area contributed by atoms with Crippen molar-refractivity contribution in [3.05, 3.63) is 54.0 Å². The summed E-state index contributed by atoms with van der Waals surface area (Å²) in [5.74, 6) is -0.242. The van der Waals surface area contributed by atoms with Crippen molar-refractivity contribution in [2.45, 2.75) is 31.9 Å². The van der Waals surface area contributed by atoms with Crippen LogP contribution in [0.25, 0.3) is 0 Å². The molecule has 1 saturated heterocycles. The summed E-state index contributed by atoms with van der Waals surface area (Å²) < 4.78 is 10.6. The first-order valence-corrected chi connectivity index (χ1v) is 8.01. The van der Waals surface area contributed by atoms with Crippen LogP contribution in [-0.4, -0.2) is 30.6 Å². The lowest BCUT2D eigenvalue weighted by atomic mass is 10.1. The van der Waals surface area contributed by atoms with Crippen molar-refractivity contribution in [1.29, 1.82) is 0 Å². The normalized spacial score (nSPS) is 18.1. The third-order valence-electron chi connectivity index (χ3n) is 4.03. The predicted octanol–water partition coefficient (Wildman–Crippen LogP) is 2.83. The number of amides is 2. The van der Waals surface area contributed by atoms with Crippen molar-refractivity contribution < 1.29 is 18.7 Å².